The van der Waals surface area contributed by atoms with E-state index in [0.717, 1.165) is 37.8 Å². The molecule has 9 heteroatoms. The molecule has 0 spiro atoms. The Balaban J connectivity index is -0.000000644. The number of ether oxygens (including phenoxy) is 1. The number of rotatable bonds is 19. The lowest BCUT2D eigenvalue weighted by atomic mass is 10.1. The number of benzene rings is 1. The van der Waals surface area contributed by atoms with E-state index in [-0.39, 0.29) is 12.5 Å². The van der Waals surface area contributed by atoms with Crippen molar-refractivity contribution in [3.8, 4) is 5.75 Å². The molecule has 1 aromatic rings. The molecule has 0 saturated heterocycles. The predicted molar refractivity (Wildman–Crippen MR) is 174 cm³/mol. The van der Waals surface area contributed by atoms with E-state index in [1.54, 1.807) is 11.2 Å². The molecule has 0 saturated carbocycles. The zero-order chi connectivity index (χ0) is 31.4. The molecule has 1 amide bonds. The van der Waals surface area contributed by atoms with Crippen molar-refractivity contribution in [3.05, 3.63) is 46.6 Å². The number of nitrogens with two attached hydrogens (primary N) is 3. The summed E-state index contributed by atoms with van der Waals surface area (Å²) >= 11 is 0. The second kappa shape index (κ2) is 38.5. The third-order valence-corrected chi connectivity index (χ3v) is 4.99. The van der Waals surface area contributed by atoms with Crippen molar-refractivity contribution in [2.24, 2.45) is 22.5 Å². The lowest BCUT2D eigenvalue weighted by molar-refractivity contribution is -0.117. The number of carbonyl (C=O) groups excluding carboxylic acids is 1. The van der Waals surface area contributed by atoms with E-state index in [2.05, 4.69) is 10.5 Å². The van der Waals surface area contributed by atoms with Crippen LogP contribution in [0.3, 0.4) is 0 Å². The fourth-order valence-corrected chi connectivity index (χ4v) is 3.21. The summed E-state index contributed by atoms with van der Waals surface area (Å²) in [5, 5.41) is 7.25. The molecule has 0 fully saturated rings. The minimum absolute atomic E-state index is 0.261. The number of nitroso groups, excluding NO2 is 1. The van der Waals surface area contributed by atoms with E-state index in [1.807, 2.05) is 79.9 Å². The molecule has 0 heterocycles. The number of hydrazine groups is 1. The number of primary amides is 1. The average molecular weight is 569 g/mol. The minimum atomic E-state index is -0.304. The lowest BCUT2D eigenvalue weighted by Gasteiger charge is -2.15. The van der Waals surface area contributed by atoms with Gasteiger partial charge in [-0.15, -0.1) is 0 Å². The van der Waals surface area contributed by atoms with Gasteiger partial charge in [-0.05, 0) is 51.1 Å². The number of nitrogens with one attached hydrogen (secondary N) is 1. The van der Waals surface area contributed by atoms with Crippen molar-refractivity contribution in [2.75, 3.05) is 33.8 Å². The van der Waals surface area contributed by atoms with E-state index in [9.17, 15) is 9.70 Å². The maximum atomic E-state index is 10.8. The van der Waals surface area contributed by atoms with Gasteiger partial charge >= 0.3 is 0 Å². The molecule has 7 N–H and O–H groups in total. The summed E-state index contributed by atoms with van der Waals surface area (Å²) in [5.74, 6) is 6.40. The van der Waals surface area contributed by atoms with Crippen LogP contribution in [0.4, 0.5) is 0 Å². The van der Waals surface area contributed by atoms with Gasteiger partial charge in [0.15, 0.2) is 0 Å². The van der Waals surface area contributed by atoms with Gasteiger partial charge in [0.05, 0.1) is 12.2 Å². The zero-order valence-electron chi connectivity index (χ0n) is 27.1. The SMILES string of the molecule is CC.CC.CC.CNC.NC(=O)CCc1ccc(OC/C(N)=C/N(N)CCCCCCCCCCCN=O)cc1. The van der Waals surface area contributed by atoms with Crippen LogP contribution in [0.2, 0.25) is 0 Å². The number of hydrogen-bond donors (Lipinski definition) is 4. The Morgan fingerprint density at radius 1 is 0.850 bits per heavy atom. The Hall–Kier alpha value is -2.65. The molecule has 0 unspecified atom stereocenters. The van der Waals surface area contributed by atoms with Crippen molar-refractivity contribution in [1.29, 1.82) is 0 Å². The monoisotopic (exact) mass is 569 g/mol. The Kier molecular flexibility index (Phi) is 42.7. The first-order valence-corrected chi connectivity index (χ1v) is 15.3. The lowest BCUT2D eigenvalue weighted by Crippen LogP contribution is -2.28. The molecule has 0 aliphatic rings. The number of aryl methyl sites for hydroxylation is 1. The van der Waals surface area contributed by atoms with Crippen LogP contribution in [-0.4, -0.2) is 44.7 Å². The van der Waals surface area contributed by atoms with E-state index in [1.165, 1.54) is 32.1 Å². The minimum Gasteiger partial charge on any atom is -0.487 e. The fraction of sp³-hybridized carbons (Fsp3) is 0.710. The van der Waals surface area contributed by atoms with Crippen molar-refractivity contribution in [2.45, 2.75) is 112 Å². The van der Waals surface area contributed by atoms with Gasteiger partial charge in [-0.2, -0.15) is 4.91 Å². The molecule has 1 aromatic carbocycles. The number of hydrogen-bond acceptors (Lipinski definition) is 8. The van der Waals surface area contributed by atoms with E-state index in [0.29, 0.717) is 30.8 Å². The third kappa shape index (κ3) is 35.4. The highest BCUT2D eigenvalue weighted by molar-refractivity contribution is 5.74. The Morgan fingerprint density at radius 2 is 1.30 bits per heavy atom. The van der Waals surface area contributed by atoms with E-state index >= 15 is 0 Å². The Morgan fingerprint density at radius 3 is 1.75 bits per heavy atom. The largest absolute Gasteiger partial charge is 0.487 e. The number of carbonyl (C=O) groups is 1. The molecule has 0 aliphatic heterocycles. The Bertz CT molecular complexity index is 670. The maximum Gasteiger partial charge on any atom is 0.217 e. The molecule has 0 radical (unpaired) electrons. The van der Waals surface area contributed by atoms with Crippen LogP contribution in [-0.2, 0) is 11.2 Å². The van der Waals surface area contributed by atoms with E-state index in [4.69, 9.17) is 22.0 Å². The molecular weight excluding hydrogens is 504 g/mol. The molecule has 9 nitrogen and oxygen atoms in total. The molecular formula is C31H64N6O3. The van der Waals surface area contributed by atoms with Crippen LogP contribution in [0, 0.1) is 4.91 Å². The normalized spacial score (nSPS) is 9.68. The van der Waals surface area contributed by atoms with Crippen molar-refractivity contribution in [1.82, 2.24) is 10.3 Å². The summed E-state index contributed by atoms with van der Waals surface area (Å²) in [5.41, 5.74) is 12.8. The highest BCUT2D eigenvalue weighted by atomic mass is 16.5. The predicted octanol–water partition coefficient (Wildman–Crippen LogP) is 6.65. The van der Waals surface area contributed by atoms with Crippen molar-refractivity contribution in [3.63, 3.8) is 0 Å². The first kappa shape index (κ1) is 44.4. The molecule has 0 bridgehead atoms. The average Bonchev–Trinajstić information content (AvgIpc) is 2.98. The molecule has 40 heavy (non-hydrogen) atoms. The standard InChI is InChI=1S/C23H39N5O3.C2H7N.3C2H6/c24-21(19-31-22-13-10-20(11-14-22)12-15-23(25)29)18-28(26)17-9-7-5-3-1-2-4-6-8-16-27-30;1-3-2;3*1-2/h10-11,13-14,18H,1-9,12,15-17,19,24,26H2,(H2,25,29);3H,1-2H3;3*1-2H3/b21-18-;;;;. The summed E-state index contributed by atoms with van der Waals surface area (Å²) in [6.07, 6.45) is 13.0. The van der Waals surface area contributed by atoms with Crippen LogP contribution in [0.25, 0.3) is 0 Å². The van der Waals surface area contributed by atoms with Crippen LogP contribution in [0.5, 0.6) is 5.75 Å². The van der Waals surface area contributed by atoms with Crippen LogP contribution < -0.4 is 27.4 Å². The fourth-order valence-electron chi connectivity index (χ4n) is 3.21. The highest BCUT2D eigenvalue weighted by Crippen LogP contribution is 2.14. The quantitative estimate of drug-likeness (QED) is 0.0631. The molecule has 0 aliphatic carbocycles. The third-order valence-electron chi connectivity index (χ3n) is 4.99. The van der Waals surface area contributed by atoms with Gasteiger partial charge in [0, 0.05) is 19.2 Å². The number of nitrogens with zero attached hydrogens (tertiary/aromatic N) is 2. The van der Waals surface area contributed by atoms with Gasteiger partial charge in [-0.25, -0.2) is 5.84 Å². The van der Waals surface area contributed by atoms with Crippen LogP contribution >= 0.6 is 0 Å². The summed E-state index contributed by atoms with van der Waals surface area (Å²) in [6.45, 7) is 13.5. The first-order valence-electron chi connectivity index (χ1n) is 15.3. The van der Waals surface area contributed by atoms with Crippen molar-refractivity contribution < 1.29 is 9.53 Å². The molecule has 0 atom stereocenters. The molecule has 1 rings (SSSR count). The molecule has 0 aromatic heterocycles. The zero-order valence-corrected chi connectivity index (χ0v) is 27.1. The van der Waals surface area contributed by atoms with Crippen molar-refractivity contribution >= 4 is 5.91 Å². The van der Waals surface area contributed by atoms with E-state index < -0.39 is 0 Å². The van der Waals surface area contributed by atoms with Gasteiger partial charge in [-0.3, -0.25) is 4.79 Å². The summed E-state index contributed by atoms with van der Waals surface area (Å²) < 4.78 is 5.67. The summed E-state index contributed by atoms with van der Waals surface area (Å²) in [4.78, 5) is 20.8. The molecule has 236 valence electrons. The van der Waals surface area contributed by atoms with Gasteiger partial charge in [0.2, 0.25) is 5.91 Å². The van der Waals surface area contributed by atoms with Gasteiger partial charge in [0.1, 0.15) is 12.4 Å². The topological polar surface area (TPSA) is 149 Å². The second-order valence-corrected chi connectivity index (χ2v) is 8.38. The summed E-state index contributed by atoms with van der Waals surface area (Å²) in [6, 6.07) is 7.54. The second-order valence-electron chi connectivity index (χ2n) is 8.38. The van der Waals surface area contributed by atoms with Gasteiger partial charge in [0.25, 0.3) is 0 Å². The van der Waals surface area contributed by atoms with Crippen LogP contribution in [0.1, 0.15) is 111 Å². The first-order chi connectivity index (χ1) is 19.4. The number of unbranched alkanes of at least 4 members (excludes halogenated alkanes) is 8. The van der Waals surface area contributed by atoms with Gasteiger partial charge < -0.3 is 26.5 Å². The summed E-state index contributed by atoms with van der Waals surface area (Å²) in [7, 11) is 3.75. The Labute approximate surface area is 246 Å². The van der Waals surface area contributed by atoms with Gasteiger partial charge in [-0.1, -0.05) is 104 Å². The number of amides is 1. The maximum absolute atomic E-state index is 10.8. The van der Waals surface area contributed by atoms with Crippen LogP contribution in [0.15, 0.2) is 41.3 Å². The highest BCUT2D eigenvalue weighted by Gasteiger charge is 2.01. The smallest absolute Gasteiger partial charge is 0.217 e.